The van der Waals surface area contributed by atoms with Crippen LogP contribution in [0.5, 0.6) is 0 Å². The van der Waals surface area contributed by atoms with Crippen molar-refractivity contribution in [2.24, 2.45) is 5.92 Å². The highest BCUT2D eigenvalue weighted by Crippen LogP contribution is 2.50. The van der Waals surface area contributed by atoms with Gasteiger partial charge < -0.3 is 19.8 Å². The molecular weight excluding hydrogens is 707 g/mol. The molecule has 6 aromatic rings. The molecule has 0 radical (unpaired) electrons. The van der Waals surface area contributed by atoms with Gasteiger partial charge in [0.1, 0.15) is 11.3 Å². The van der Waals surface area contributed by atoms with Gasteiger partial charge in [-0.3, -0.25) is 14.6 Å². The van der Waals surface area contributed by atoms with E-state index in [4.69, 9.17) is 28.2 Å². The molecule has 0 spiro atoms. The molecule has 1 amide bonds. The maximum atomic E-state index is 17.5. The van der Waals surface area contributed by atoms with Gasteiger partial charge in [-0.25, -0.2) is 13.8 Å². The zero-order valence-electron chi connectivity index (χ0n) is 28.1. The van der Waals surface area contributed by atoms with E-state index in [-0.39, 0.29) is 74.3 Å². The van der Waals surface area contributed by atoms with Crippen LogP contribution in [0.15, 0.2) is 71.9 Å². The second-order valence-electron chi connectivity index (χ2n) is 13.3. The van der Waals surface area contributed by atoms with Gasteiger partial charge in [0.25, 0.3) is 11.5 Å². The molecule has 2 saturated heterocycles. The van der Waals surface area contributed by atoms with E-state index in [2.05, 4.69) is 26.3 Å². The third-order valence-electron chi connectivity index (χ3n) is 10.6. The highest BCUT2D eigenvalue weighted by molar-refractivity contribution is 6.43. The van der Waals surface area contributed by atoms with Crippen LogP contribution in [0, 0.1) is 28.9 Å². The summed E-state index contributed by atoms with van der Waals surface area (Å²) in [5, 5.41) is 17.0. The number of pyridine rings is 1. The van der Waals surface area contributed by atoms with Crippen LogP contribution in [0.2, 0.25) is 10.0 Å². The molecule has 2 aliphatic heterocycles. The maximum Gasteiger partial charge on any atom is 0.269 e. The first-order chi connectivity index (χ1) is 25.1. The molecule has 52 heavy (non-hydrogen) atoms. The zero-order valence-corrected chi connectivity index (χ0v) is 29.6. The van der Waals surface area contributed by atoms with Gasteiger partial charge in [0, 0.05) is 71.6 Å². The summed E-state index contributed by atoms with van der Waals surface area (Å²) in [7, 11) is 1.42. The SMILES string of the molecule is CNC(=O)c1cccc(-c2nc3c(F)c(-c4cccc(Cl)c4Cl)c(CCC#N)cc3c3c2cc([C@@H](C)n2ccncc2=O)n3[C@H]2[C@H]3CN[C@@H]2C3)c1F. The van der Waals surface area contributed by atoms with Crippen molar-refractivity contribution in [3.05, 3.63) is 116 Å². The minimum Gasteiger partial charge on any atom is -0.355 e. The second kappa shape index (κ2) is 13.1. The van der Waals surface area contributed by atoms with Gasteiger partial charge in [-0.2, -0.15) is 5.26 Å². The molecule has 262 valence electrons. The van der Waals surface area contributed by atoms with E-state index >= 15 is 8.78 Å². The summed E-state index contributed by atoms with van der Waals surface area (Å²) in [6.07, 6.45) is 5.67. The standard InChI is InChI=1S/C39H31Cl2F2N7O2/c1-19(49-13-12-46-18-30(49)51)29-16-26-35(23-8-3-9-24(33(23)42)39(52)45-2)48-36-25(38(26)50(29)37-21-15-28(37)47-17-21)14-20(6-5-11-44)31(34(36)43)22-7-4-10-27(40)32(22)41/h3-4,7-10,12-14,16,18-19,21,28,37,47H,5-6,15,17H2,1-2H3,(H,45,52)/t19-,21-,28-,37+/m1/s1. The molecule has 3 fully saturated rings. The highest BCUT2D eigenvalue weighted by atomic mass is 35.5. The molecule has 1 saturated carbocycles. The van der Waals surface area contributed by atoms with E-state index in [1.54, 1.807) is 41.2 Å². The summed E-state index contributed by atoms with van der Waals surface area (Å²) in [6.45, 7) is 2.69. The van der Waals surface area contributed by atoms with Crippen molar-refractivity contribution < 1.29 is 13.6 Å². The topological polar surface area (TPSA) is 118 Å². The highest BCUT2D eigenvalue weighted by Gasteiger charge is 2.49. The number of amides is 1. The van der Waals surface area contributed by atoms with Crippen LogP contribution >= 0.6 is 23.2 Å². The molecule has 3 aliphatic rings. The van der Waals surface area contributed by atoms with Crippen LogP contribution in [0.3, 0.4) is 0 Å². The molecule has 3 aromatic heterocycles. The number of hydrogen-bond donors (Lipinski definition) is 2. The Bertz CT molecular complexity index is 2550. The van der Waals surface area contributed by atoms with Gasteiger partial charge in [0.15, 0.2) is 5.82 Å². The van der Waals surface area contributed by atoms with Gasteiger partial charge in [0.05, 0.1) is 51.2 Å². The molecule has 9 rings (SSSR count). The Morgan fingerprint density at radius 2 is 1.92 bits per heavy atom. The molecule has 1 aliphatic carbocycles. The van der Waals surface area contributed by atoms with Gasteiger partial charge in [-0.05, 0) is 61.6 Å². The first-order valence-corrected chi connectivity index (χ1v) is 17.7. The van der Waals surface area contributed by atoms with Gasteiger partial charge in [0.2, 0.25) is 0 Å². The molecule has 4 atom stereocenters. The van der Waals surface area contributed by atoms with Crippen molar-refractivity contribution >= 4 is 50.9 Å². The Kier molecular flexibility index (Phi) is 8.57. The van der Waals surface area contributed by atoms with E-state index in [1.165, 1.54) is 25.4 Å². The largest absolute Gasteiger partial charge is 0.355 e. The third kappa shape index (κ3) is 5.19. The normalized spacial score (nSPS) is 18.4. The molecule has 2 bridgehead atoms. The van der Waals surface area contributed by atoms with Gasteiger partial charge in [-0.15, -0.1) is 0 Å². The van der Waals surface area contributed by atoms with Crippen LogP contribution in [0.4, 0.5) is 8.78 Å². The number of carbonyl (C=O) groups is 1. The number of nitrogens with zero attached hydrogens (tertiary/aromatic N) is 5. The van der Waals surface area contributed by atoms with E-state index in [0.717, 1.165) is 18.7 Å². The Morgan fingerprint density at radius 3 is 2.63 bits per heavy atom. The molecule has 9 nitrogen and oxygen atoms in total. The fourth-order valence-electron chi connectivity index (χ4n) is 8.06. The Labute approximate surface area is 306 Å². The predicted octanol–water partition coefficient (Wildman–Crippen LogP) is 7.62. The lowest BCUT2D eigenvalue weighted by atomic mass is 9.79. The smallest absolute Gasteiger partial charge is 0.269 e. The number of halogens is 4. The van der Waals surface area contributed by atoms with Crippen molar-refractivity contribution in [3.63, 3.8) is 0 Å². The fraction of sp³-hybridized carbons (Fsp3) is 0.256. The Morgan fingerprint density at radius 1 is 1.13 bits per heavy atom. The van der Waals surface area contributed by atoms with Crippen molar-refractivity contribution in [1.29, 1.82) is 5.26 Å². The number of fused-ring (bicyclic) bond motifs is 4. The van der Waals surface area contributed by atoms with Crippen molar-refractivity contribution in [3.8, 4) is 28.5 Å². The lowest BCUT2D eigenvalue weighted by Crippen LogP contribution is -2.40. The number of nitriles is 1. The van der Waals surface area contributed by atoms with Crippen LogP contribution in [0.25, 0.3) is 44.2 Å². The molecule has 13 heteroatoms. The summed E-state index contributed by atoms with van der Waals surface area (Å²) in [5.74, 6) is -1.88. The first-order valence-electron chi connectivity index (χ1n) is 16.9. The molecular formula is C39H31Cl2F2N7O2. The van der Waals surface area contributed by atoms with E-state index < -0.39 is 23.6 Å². The summed E-state index contributed by atoms with van der Waals surface area (Å²) >= 11 is 13.1. The monoisotopic (exact) mass is 737 g/mol. The average Bonchev–Trinajstić information content (AvgIpc) is 3.89. The van der Waals surface area contributed by atoms with Crippen LogP contribution in [0.1, 0.15) is 53.5 Å². The zero-order chi connectivity index (χ0) is 36.4. The quantitative estimate of drug-likeness (QED) is 0.166. The molecule has 5 heterocycles. The Balaban J connectivity index is 1.55. The van der Waals surface area contributed by atoms with Crippen molar-refractivity contribution in [2.75, 3.05) is 13.6 Å². The minimum atomic E-state index is -0.808. The lowest BCUT2D eigenvalue weighted by molar-refractivity contribution is 0.0959. The number of benzene rings is 3. The first kappa shape index (κ1) is 34.0. The molecule has 3 aromatic carbocycles. The molecule has 0 unspecified atom stereocenters. The number of carbonyl (C=O) groups excluding carboxylic acids is 1. The Hall–Kier alpha value is -5.15. The minimum absolute atomic E-state index is 0.00966. The third-order valence-corrected chi connectivity index (χ3v) is 11.4. The van der Waals surface area contributed by atoms with E-state index in [9.17, 15) is 14.9 Å². The number of rotatable bonds is 8. The van der Waals surface area contributed by atoms with Crippen molar-refractivity contribution in [2.45, 2.75) is 44.3 Å². The maximum absolute atomic E-state index is 17.5. The van der Waals surface area contributed by atoms with Crippen molar-refractivity contribution in [1.82, 2.24) is 29.7 Å². The summed E-state index contributed by atoms with van der Waals surface area (Å²) in [5.41, 5.74) is 1.97. The summed E-state index contributed by atoms with van der Waals surface area (Å²) < 4.78 is 37.8. The predicted molar refractivity (Wildman–Crippen MR) is 197 cm³/mol. The fourth-order valence-corrected chi connectivity index (χ4v) is 8.46. The van der Waals surface area contributed by atoms with Crippen LogP contribution in [-0.2, 0) is 6.42 Å². The second-order valence-corrected chi connectivity index (χ2v) is 14.1. The van der Waals surface area contributed by atoms with Gasteiger partial charge >= 0.3 is 0 Å². The van der Waals surface area contributed by atoms with Gasteiger partial charge in [-0.1, -0.05) is 41.4 Å². The lowest BCUT2D eigenvalue weighted by Gasteiger charge is -2.38. The number of aromatic nitrogens is 4. The van der Waals surface area contributed by atoms with Crippen LogP contribution in [-0.4, -0.2) is 44.6 Å². The molecule has 2 N–H and O–H groups in total. The summed E-state index contributed by atoms with van der Waals surface area (Å²) in [4.78, 5) is 34.8. The van der Waals surface area contributed by atoms with E-state index in [0.29, 0.717) is 27.4 Å². The van der Waals surface area contributed by atoms with Crippen LogP contribution < -0.4 is 16.2 Å². The number of aryl methyl sites for hydroxylation is 1. The van der Waals surface area contributed by atoms with E-state index in [1.807, 2.05) is 19.1 Å². The number of hydrogen-bond acceptors (Lipinski definition) is 6. The summed E-state index contributed by atoms with van der Waals surface area (Å²) in [6, 6.07) is 14.9. The average molecular weight is 739 g/mol. The number of nitrogens with one attached hydrogen (secondary N) is 2.